The minimum absolute atomic E-state index is 0.00765. The Balaban J connectivity index is 1.39. The van der Waals surface area contributed by atoms with Gasteiger partial charge in [0, 0.05) is 22.9 Å². The molecule has 0 spiro atoms. The van der Waals surface area contributed by atoms with Crippen LogP contribution >= 0.6 is 23.1 Å². The average molecular weight is 389 g/mol. The van der Waals surface area contributed by atoms with Crippen LogP contribution in [-0.4, -0.2) is 41.6 Å². The highest BCUT2D eigenvalue weighted by Crippen LogP contribution is 2.20. The number of thioether (sulfide) groups is 1. The summed E-state index contributed by atoms with van der Waals surface area (Å²) < 4.78 is 0. The van der Waals surface area contributed by atoms with Gasteiger partial charge in [0.2, 0.25) is 11.8 Å². The van der Waals surface area contributed by atoms with Crippen molar-refractivity contribution in [3.63, 3.8) is 0 Å². The van der Waals surface area contributed by atoms with Crippen molar-refractivity contribution < 1.29 is 9.59 Å². The van der Waals surface area contributed by atoms with Crippen LogP contribution < -0.4 is 5.32 Å². The van der Waals surface area contributed by atoms with Crippen LogP contribution in [0.25, 0.3) is 0 Å². The average Bonchev–Trinajstić information content (AvgIpc) is 3.34. The Bertz CT molecular complexity index is 704. The van der Waals surface area contributed by atoms with Gasteiger partial charge in [-0.25, -0.2) is 0 Å². The topological polar surface area (TPSA) is 49.4 Å². The Kier molecular flexibility index (Phi) is 7.14. The standard InChI is InChI=1S/C20H24N2O2S2/c23-19(15-17-9-5-13-26-17)22-12-4-10-18(22)20(24)21-11-6-14-25-16-7-2-1-3-8-16/h1-3,5,7-9,13,18H,4,6,10-12,14-15H2,(H,21,24). The first kappa shape index (κ1) is 19.0. The zero-order valence-electron chi connectivity index (χ0n) is 14.7. The fourth-order valence-electron chi connectivity index (χ4n) is 3.11. The number of nitrogens with zero attached hydrogens (tertiary/aromatic N) is 1. The van der Waals surface area contributed by atoms with E-state index in [1.807, 2.05) is 35.7 Å². The van der Waals surface area contributed by atoms with E-state index in [9.17, 15) is 9.59 Å². The number of carbonyl (C=O) groups is 2. The smallest absolute Gasteiger partial charge is 0.242 e. The third kappa shape index (κ3) is 5.35. The predicted molar refractivity (Wildman–Crippen MR) is 108 cm³/mol. The molecule has 2 aromatic rings. The number of benzene rings is 1. The maximum absolute atomic E-state index is 12.5. The van der Waals surface area contributed by atoms with Gasteiger partial charge in [0.15, 0.2) is 0 Å². The Labute approximate surface area is 163 Å². The van der Waals surface area contributed by atoms with Gasteiger partial charge in [0.1, 0.15) is 6.04 Å². The van der Waals surface area contributed by atoms with Crippen LogP contribution in [0.15, 0.2) is 52.7 Å². The Morgan fingerprint density at radius 2 is 2.04 bits per heavy atom. The van der Waals surface area contributed by atoms with Crippen LogP contribution in [0.2, 0.25) is 0 Å². The van der Waals surface area contributed by atoms with Gasteiger partial charge in [-0.2, -0.15) is 0 Å². The lowest BCUT2D eigenvalue weighted by Gasteiger charge is -2.23. The summed E-state index contributed by atoms with van der Waals surface area (Å²) >= 11 is 3.38. The van der Waals surface area contributed by atoms with Crippen molar-refractivity contribution in [1.29, 1.82) is 0 Å². The molecular formula is C20H24N2O2S2. The van der Waals surface area contributed by atoms with Crippen molar-refractivity contribution in [2.75, 3.05) is 18.8 Å². The fraction of sp³-hybridized carbons (Fsp3) is 0.400. The number of nitrogens with one attached hydrogen (secondary N) is 1. The predicted octanol–water partition coefficient (Wildman–Crippen LogP) is 3.58. The van der Waals surface area contributed by atoms with Crippen LogP contribution in [0.5, 0.6) is 0 Å². The van der Waals surface area contributed by atoms with Crippen LogP contribution in [0, 0.1) is 0 Å². The van der Waals surface area contributed by atoms with Crippen molar-refractivity contribution >= 4 is 34.9 Å². The van der Waals surface area contributed by atoms with Gasteiger partial charge in [0.25, 0.3) is 0 Å². The molecule has 1 aliphatic heterocycles. The molecule has 138 valence electrons. The van der Waals surface area contributed by atoms with Gasteiger partial charge >= 0.3 is 0 Å². The zero-order valence-corrected chi connectivity index (χ0v) is 16.4. The molecule has 1 aromatic carbocycles. The van der Waals surface area contributed by atoms with Crippen molar-refractivity contribution in [2.24, 2.45) is 0 Å². The molecule has 1 aliphatic rings. The summed E-state index contributed by atoms with van der Waals surface area (Å²) in [7, 11) is 0. The number of carbonyl (C=O) groups excluding carboxylic acids is 2. The van der Waals surface area contributed by atoms with E-state index in [0.29, 0.717) is 19.5 Å². The van der Waals surface area contributed by atoms with Crippen LogP contribution in [0.4, 0.5) is 0 Å². The molecule has 2 amide bonds. The summed E-state index contributed by atoms with van der Waals surface area (Å²) in [6.45, 7) is 1.34. The van der Waals surface area contributed by atoms with Crippen LogP contribution in [0.3, 0.4) is 0 Å². The van der Waals surface area contributed by atoms with Crippen molar-refractivity contribution in [3.05, 3.63) is 52.7 Å². The molecule has 1 unspecified atom stereocenters. The molecule has 3 rings (SSSR count). The molecule has 1 aromatic heterocycles. The number of hydrogen-bond donors (Lipinski definition) is 1. The third-order valence-electron chi connectivity index (χ3n) is 4.41. The first-order valence-electron chi connectivity index (χ1n) is 9.01. The minimum Gasteiger partial charge on any atom is -0.354 e. The highest BCUT2D eigenvalue weighted by atomic mass is 32.2. The molecule has 1 atom stereocenters. The minimum atomic E-state index is -0.302. The van der Waals surface area contributed by atoms with E-state index in [4.69, 9.17) is 0 Å². The number of likely N-dealkylation sites (tertiary alicyclic amines) is 1. The third-order valence-corrected chi connectivity index (χ3v) is 6.39. The SMILES string of the molecule is O=C(NCCCSc1ccccc1)C1CCCN1C(=O)Cc1cccs1. The summed E-state index contributed by atoms with van der Waals surface area (Å²) in [4.78, 5) is 29.1. The van der Waals surface area contributed by atoms with E-state index in [1.54, 1.807) is 28.0 Å². The van der Waals surface area contributed by atoms with Crippen molar-refractivity contribution in [2.45, 2.75) is 36.6 Å². The molecule has 6 heteroatoms. The molecule has 1 fully saturated rings. The first-order valence-corrected chi connectivity index (χ1v) is 10.9. The summed E-state index contributed by atoms with van der Waals surface area (Å²) in [5.41, 5.74) is 0. The van der Waals surface area contributed by atoms with E-state index in [0.717, 1.165) is 29.9 Å². The molecule has 0 aliphatic carbocycles. The van der Waals surface area contributed by atoms with Gasteiger partial charge in [0.05, 0.1) is 6.42 Å². The summed E-state index contributed by atoms with van der Waals surface area (Å²) in [5, 5.41) is 4.99. The number of rotatable bonds is 8. The van der Waals surface area contributed by atoms with E-state index < -0.39 is 0 Å². The lowest BCUT2D eigenvalue weighted by Crippen LogP contribution is -2.46. The molecule has 1 saturated heterocycles. The van der Waals surface area contributed by atoms with E-state index in [1.165, 1.54) is 4.90 Å². The maximum Gasteiger partial charge on any atom is 0.242 e. The normalized spacial score (nSPS) is 16.6. The monoisotopic (exact) mass is 388 g/mol. The second kappa shape index (κ2) is 9.78. The van der Waals surface area contributed by atoms with E-state index in [2.05, 4.69) is 17.4 Å². The Hall–Kier alpha value is -1.79. The second-order valence-corrected chi connectivity index (χ2v) is 8.51. The fourth-order valence-corrected chi connectivity index (χ4v) is 4.68. The quantitative estimate of drug-likeness (QED) is 0.555. The van der Waals surface area contributed by atoms with E-state index >= 15 is 0 Å². The molecular weight excluding hydrogens is 364 g/mol. The highest BCUT2D eigenvalue weighted by Gasteiger charge is 2.33. The summed E-state index contributed by atoms with van der Waals surface area (Å²) in [6, 6.07) is 13.9. The van der Waals surface area contributed by atoms with Gasteiger partial charge in [-0.15, -0.1) is 23.1 Å². The first-order chi connectivity index (χ1) is 12.7. The largest absolute Gasteiger partial charge is 0.354 e. The van der Waals surface area contributed by atoms with Crippen LogP contribution in [-0.2, 0) is 16.0 Å². The number of hydrogen-bond acceptors (Lipinski definition) is 4. The second-order valence-electron chi connectivity index (χ2n) is 6.31. The Morgan fingerprint density at radius 1 is 1.19 bits per heavy atom. The summed E-state index contributed by atoms with van der Waals surface area (Å²) in [5.74, 6) is 1.02. The molecule has 2 heterocycles. The lowest BCUT2D eigenvalue weighted by molar-refractivity contribution is -0.137. The van der Waals surface area contributed by atoms with Gasteiger partial charge < -0.3 is 10.2 Å². The number of amides is 2. The number of thiophene rings is 1. The Morgan fingerprint density at radius 3 is 2.81 bits per heavy atom. The molecule has 0 bridgehead atoms. The van der Waals surface area contributed by atoms with Crippen molar-refractivity contribution in [1.82, 2.24) is 10.2 Å². The molecule has 0 saturated carbocycles. The zero-order chi connectivity index (χ0) is 18.2. The molecule has 4 nitrogen and oxygen atoms in total. The summed E-state index contributed by atoms with van der Waals surface area (Å²) in [6.07, 6.45) is 2.98. The van der Waals surface area contributed by atoms with Crippen LogP contribution in [0.1, 0.15) is 24.1 Å². The highest BCUT2D eigenvalue weighted by molar-refractivity contribution is 7.99. The van der Waals surface area contributed by atoms with Crippen molar-refractivity contribution in [3.8, 4) is 0 Å². The molecule has 0 radical (unpaired) electrons. The molecule has 1 N–H and O–H groups in total. The van der Waals surface area contributed by atoms with Gasteiger partial charge in [-0.1, -0.05) is 24.3 Å². The molecule has 26 heavy (non-hydrogen) atoms. The lowest BCUT2D eigenvalue weighted by atomic mass is 10.2. The maximum atomic E-state index is 12.5. The van der Waals surface area contributed by atoms with Gasteiger partial charge in [-0.3, -0.25) is 9.59 Å². The van der Waals surface area contributed by atoms with E-state index in [-0.39, 0.29) is 17.9 Å². The van der Waals surface area contributed by atoms with Gasteiger partial charge in [-0.05, 0) is 48.6 Å².